The number of nitrogens with zero attached hydrogens (tertiary/aromatic N) is 2. The highest BCUT2D eigenvalue weighted by molar-refractivity contribution is 5.95. The van der Waals surface area contributed by atoms with Crippen molar-refractivity contribution in [3.05, 3.63) is 64.0 Å². The van der Waals surface area contributed by atoms with Gasteiger partial charge in [0.05, 0.1) is 19.7 Å². The van der Waals surface area contributed by atoms with Gasteiger partial charge in [-0.25, -0.2) is 23.8 Å². The molecule has 4 N–H and O–H groups in total. The van der Waals surface area contributed by atoms with Crippen LogP contribution in [-0.2, 0) is 9.53 Å². The minimum absolute atomic E-state index is 0.0689. The number of benzene rings is 2. The molecule has 4 rings (SSSR count). The van der Waals surface area contributed by atoms with Gasteiger partial charge in [-0.2, -0.15) is 18.2 Å². The molecule has 2 aromatic heterocycles. The minimum atomic E-state index is -5.08. The number of carboxylic acid groups (broad SMARTS) is 1. The maximum atomic E-state index is 14.0. The summed E-state index contributed by atoms with van der Waals surface area (Å²) in [5, 5.41) is 13.1. The summed E-state index contributed by atoms with van der Waals surface area (Å²) in [7, 11) is 2.61. The van der Waals surface area contributed by atoms with E-state index < -0.39 is 29.7 Å². The summed E-state index contributed by atoms with van der Waals surface area (Å²) in [5.74, 6) is -4.07. The van der Waals surface area contributed by atoms with Crippen molar-refractivity contribution < 1.29 is 46.1 Å². The van der Waals surface area contributed by atoms with Gasteiger partial charge < -0.3 is 29.6 Å². The van der Waals surface area contributed by atoms with Crippen molar-refractivity contribution in [1.82, 2.24) is 15.0 Å². The number of esters is 1. The van der Waals surface area contributed by atoms with Crippen molar-refractivity contribution in [2.24, 2.45) is 0 Å². The van der Waals surface area contributed by atoms with Gasteiger partial charge in [-0.05, 0) is 36.8 Å². The Kier molecular flexibility index (Phi) is 8.37. The maximum Gasteiger partial charge on any atom is 0.490 e. The van der Waals surface area contributed by atoms with Gasteiger partial charge in [0.25, 0.3) is 0 Å². The number of methoxy groups -OCH3 is 2. The van der Waals surface area contributed by atoms with Gasteiger partial charge in [0.2, 0.25) is 5.95 Å². The molecule has 4 aromatic rings. The summed E-state index contributed by atoms with van der Waals surface area (Å²) < 4.78 is 60.6. The van der Waals surface area contributed by atoms with Gasteiger partial charge in [-0.3, -0.25) is 4.98 Å². The van der Waals surface area contributed by atoms with Crippen LogP contribution in [0.15, 0.2) is 45.7 Å². The molecule has 0 radical (unpaired) electrons. The number of aliphatic carboxylic acids is 1. The molecule has 0 aliphatic heterocycles. The number of carbonyl (C=O) groups excluding carboxylic acids is 1. The molecule has 206 valence electrons. The Hall–Kier alpha value is -5.15. The summed E-state index contributed by atoms with van der Waals surface area (Å²) in [5.41, 5.74) is 2.35. The second kappa shape index (κ2) is 11.5. The zero-order chi connectivity index (χ0) is 28.9. The lowest BCUT2D eigenvalue weighted by Crippen LogP contribution is -2.21. The maximum absolute atomic E-state index is 14.0. The summed E-state index contributed by atoms with van der Waals surface area (Å²) in [6.07, 6.45) is -3.78. The average molecular weight is 553 g/mol. The second-order valence-corrected chi connectivity index (χ2v) is 7.54. The van der Waals surface area contributed by atoms with Crippen LogP contribution in [0.1, 0.15) is 15.9 Å². The van der Waals surface area contributed by atoms with E-state index >= 15 is 0 Å². The largest absolute Gasteiger partial charge is 0.494 e. The number of carboxylic acids is 1. The molecule has 0 atom stereocenters. The van der Waals surface area contributed by atoms with Gasteiger partial charge in [-0.1, -0.05) is 0 Å². The number of anilines is 4. The fraction of sp³-hybridized carbons (Fsp3) is 0.174. The zero-order valence-electron chi connectivity index (χ0n) is 20.3. The monoisotopic (exact) mass is 553 g/mol. The van der Waals surface area contributed by atoms with Gasteiger partial charge in [0.1, 0.15) is 5.56 Å². The number of rotatable bonds is 6. The Bertz CT molecular complexity index is 1580. The van der Waals surface area contributed by atoms with Crippen molar-refractivity contribution in [3.63, 3.8) is 0 Å². The van der Waals surface area contributed by atoms with E-state index in [1.807, 2.05) is 0 Å². The van der Waals surface area contributed by atoms with E-state index in [9.17, 15) is 27.2 Å². The van der Waals surface area contributed by atoms with E-state index in [1.165, 1.54) is 26.5 Å². The Labute approximate surface area is 215 Å². The predicted molar refractivity (Wildman–Crippen MR) is 128 cm³/mol. The van der Waals surface area contributed by atoms with Crippen LogP contribution in [-0.4, -0.2) is 52.4 Å². The van der Waals surface area contributed by atoms with Gasteiger partial charge in [0, 0.05) is 23.6 Å². The molecule has 0 amide bonds. The average Bonchev–Trinajstić information content (AvgIpc) is 3.25. The van der Waals surface area contributed by atoms with Gasteiger partial charge >= 0.3 is 23.9 Å². The summed E-state index contributed by atoms with van der Waals surface area (Å²) >= 11 is 0. The Morgan fingerprint density at radius 2 is 1.79 bits per heavy atom. The number of hydrogen-bond acceptors (Lipinski definition) is 10. The lowest BCUT2D eigenvalue weighted by atomic mass is 10.2. The van der Waals surface area contributed by atoms with Gasteiger partial charge in [0.15, 0.2) is 23.0 Å². The fourth-order valence-electron chi connectivity index (χ4n) is 3.05. The smallest absolute Gasteiger partial charge is 0.490 e. The Morgan fingerprint density at radius 1 is 1.10 bits per heavy atom. The molecule has 0 unspecified atom stereocenters. The molecule has 12 nitrogen and oxygen atoms in total. The van der Waals surface area contributed by atoms with Crippen LogP contribution in [0.4, 0.5) is 40.7 Å². The van der Waals surface area contributed by atoms with Crippen LogP contribution in [0.25, 0.3) is 11.1 Å². The first-order chi connectivity index (χ1) is 18.3. The number of aromatic nitrogens is 3. The molecule has 2 aromatic carbocycles. The number of nitrogens with one attached hydrogen (secondary N) is 3. The highest BCUT2D eigenvalue weighted by Crippen LogP contribution is 2.28. The fourth-order valence-corrected chi connectivity index (χ4v) is 3.05. The Balaban J connectivity index is 0.000000532. The van der Waals surface area contributed by atoms with E-state index in [-0.39, 0.29) is 23.1 Å². The number of fused-ring (bicyclic) bond motifs is 1. The van der Waals surface area contributed by atoms with Crippen LogP contribution in [0.2, 0.25) is 0 Å². The van der Waals surface area contributed by atoms with Crippen molar-refractivity contribution in [1.29, 1.82) is 0 Å². The van der Waals surface area contributed by atoms with Crippen molar-refractivity contribution in [2.75, 3.05) is 24.9 Å². The third-order valence-corrected chi connectivity index (χ3v) is 4.82. The summed E-state index contributed by atoms with van der Waals surface area (Å²) in [6, 6.07) is 7.93. The summed E-state index contributed by atoms with van der Waals surface area (Å²) in [6.45, 7) is 1.60. The number of halogens is 4. The number of oxazole rings is 1. The van der Waals surface area contributed by atoms with Crippen molar-refractivity contribution in [3.8, 4) is 5.75 Å². The predicted octanol–water partition coefficient (Wildman–Crippen LogP) is 4.27. The zero-order valence-corrected chi connectivity index (χ0v) is 20.3. The number of alkyl halides is 3. The van der Waals surface area contributed by atoms with E-state index in [4.69, 9.17) is 23.8 Å². The SMILES string of the molecule is COC(=O)c1cnc(Nc2cc(C)c(F)c(OC)c2)nc1Nc1ccc2oc(=O)[nH]c2c1.O=C(O)C(F)(F)F. The lowest BCUT2D eigenvalue weighted by Gasteiger charge is -2.13. The second-order valence-electron chi connectivity index (χ2n) is 7.54. The first-order valence-electron chi connectivity index (χ1n) is 10.6. The normalized spacial score (nSPS) is 10.8. The molecule has 39 heavy (non-hydrogen) atoms. The van der Waals surface area contributed by atoms with Gasteiger partial charge in [-0.15, -0.1) is 0 Å². The molecular formula is C23H19F4N5O7. The van der Waals surface area contributed by atoms with E-state index in [0.717, 1.165) is 0 Å². The highest BCUT2D eigenvalue weighted by Gasteiger charge is 2.38. The molecule has 0 saturated carbocycles. The summed E-state index contributed by atoms with van der Waals surface area (Å²) in [4.78, 5) is 43.5. The first kappa shape index (κ1) is 28.4. The van der Waals surface area contributed by atoms with Crippen LogP contribution in [0, 0.1) is 12.7 Å². The highest BCUT2D eigenvalue weighted by atomic mass is 19.4. The number of aryl methyl sites for hydroxylation is 1. The quantitative estimate of drug-likeness (QED) is 0.199. The van der Waals surface area contributed by atoms with Crippen molar-refractivity contribution >= 4 is 46.2 Å². The van der Waals surface area contributed by atoms with Crippen LogP contribution in [0.3, 0.4) is 0 Å². The topological polar surface area (TPSA) is 169 Å². The number of ether oxygens (including phenoxy) is 2. The first-order valence-corrected chi connectivity index (χ1v) is 10.6. The molecule has 0 saturated heterocycles. The number of aromatic amines is 1. The number of hydrogen-bond donors (Lipinski definition) is 4. The van der Waals surface area contributed by atoms with E-state index in [0.29, 0.717) is 28.0 Å². The Morgan fingerprint density at radius 3 is 2.41 bits per heavy atom. The number of carbonyl (C=O) groups is 2. The lowest BCUT2D eigenvalue weighted by molar-refractivity contribution is -0.192. The molecular weight excluding hydrogens is 534 g/mol. The molecule has 0 spiro atoms. The molecule has 0 aliphatic rings. The molecule has 2 heterocycles. The van der Waals surface area contributed by atoms with Crippen LogP contribution >= 0.6 is 0 Å². The van der Waals surface area contributed by atoms with Crippen LogP contribution in [0.5, 0.6) is 5.75 Å². The third-order valence-electron chi connectivity index (χ3n) is 4.82. The molecule has 0 bridgehead atoms. The molecule has 16 heteroatoms. The van der Waals surface area contributed by atoms with E-state index in [1.54, 1.807) is 31.2 Å². The van der Waals surface area contributed by atoms with Crippen LogP contribution < -0.4 is 21.1 Å². The standard InChI is InChI=1S/C21H18FN5O5.C2HF3O2/c1-10-6-12(8-16(30-2)17(10)22)25-20-23-9-13(19(28)31-3)18(27-20)24-11-4-5-15-14(7-11)26-21(29)32-15;3-2(4,5)1(6)7/h4-9H,1-3H3,(H,26,29)(H2,23,24,25,27);(H,6,7). The minimum Gasteiger partial charge on any atom is -0.494 e. The number of H-pyrrole nitrogens is 1. The molecule has 0 fully saturated rings. The van der Waals surface area contributed by atoms with E-state index in [2.05, 4.69) is 25.6 Å². The third kappa shape index (κ3) is 7.00. The molecule has 0 aliphatic carbocycles. The van der Waals surface area contributed by atoms with Crippen molar-refractivity contribution in [2.45, 2.75) is 13.1 Å².